The summed E-state index contributed by atoms with van der Waals surface area (Å²) in [6, 6.07) is 4.82. The SMILES string of the molecule is CC(C)(C)OC(=O)N1CCC2(CC1)CNC(=O)[C@@H]2c1ccc(C(F)(F)F)cc1. The van der Waals surface area contributed by atoms with Crippen LogP contribution in [-0.4, -0.2) is 42.1 Å². The highest BCUT2D eigenvalue weighted by Crippen LogP contribution is 2.48. The Kier molecular flexibility index (Phi) is 5.10. The van der Waals surface area contributed by atoms with Crippen LogP contribution in [0.1, 0.15) is 50.7 Å². The standard InChI is InChI=1S/C20H25F3N2O3/c1-18(2,3)28-17(27)25-10-8-19(9-11-25)12-24-16(26)15(19)13-4-6-14(7-5-13)20(21,22)23/h4-7,15H,8-12H2,1-3H3,(H,24,26)/t15-/m0/s1. The number of nitrogens with zero attached hydrogens (tertiary/aromatic N) is 1. The van der Waals surface area contributed by atoms with Crippen LogP contribution in [0.4, 0.5) is 18.0 Å². The molecule has 8 heteroatoms. The number of amides is 2. The lowest BCUT2D eigenvalue weighted by atomic mass is 9.68. The molecule has 0 radical (unpaired) electrons. The van der Waals surface area contributed by atoms with Crippen LogP contribution in [0.3, 0.4) is 0 Å². The topological polar surface area (TPSA) is 58.6 Å². The summed E-state index contributed by atoms with van der Waals surface area (Å²) in [5, 5.41) is 2.86. The van der Waals surface area contributed by atoms with Crippen LogP contribution in [-0.2, 0) is 15.7 Å². The molecule has 1 spiro atoms. The van der Waals surface area contributed by atoms with Gasteiger partial charge in [-0.25, -0.2) is 4.79 Å². The number of hydrogen-bond acceptors (Lipinski definition) is 3. The third kappa shape index (κ3) is 4.10. The minimum absolute atomic E-state index is 0.175. The van der Waals surface area contributed by atoms with E-state index >= 15 is 0 Å². The Morgan fingerprint density at radius 3 is 2.21 bits per heavy atom. The van der Waals surface area contributed by atoms with Crippen LogP contribution >= 0.6 is 0 Å². The summed E-state index contributed by atoms with van der Waals surface area (Å²) in [6.45, 7) is 6.76. The van der Waals surface area contributed by atoms with E-state index in [0.29, 0.717) is 38.0 Å². The highest BCUT2D eigenvalue weighted by atomic mass is 19.4. The number of carbonyl (C=O) groups is 2. The molecule has 2 heterocycles. The fraction of sp³-hybridized carbons (Fsp3) is 0.600. The van der Waals surface area contributed by atoms with E-state index in [1.165, 1.54) is 12.1 Å². The van der Waals surface area contributed by atoms with Crippen molar-refractivity contribution in [2.24, 2.45) is 5.41 Å². The van der Waals surface area contributed by atoms with E-state index in [9.17, 15) is 22.8 Å². The first-order valence-electron chi connectivity index (χ1n) is 9.34. The van der Waals surface area contributed by atoms with Crippen molar-refractivity contribution in [3.05, 3.63) is 35.4 Å². The molecule has 0 bridgehead atoms. The quantitative estimate of drug-likeness (QED) is 0.780. The molecule has 28 heavy (non-hydrogen) atoms. The van der Waals surface area contributed by atoms with Crippen LogP contribution in [0.2, 0.25) is 0 Å². The van der Waals surface area contributed by atoms with E-state index < -0.39 is 28.7 Å². The van der Waals surface area contributed by atoms with Gasteiger partial charge in [-0.2, -0.15) is 13.2 Å². The van der Waals surface area contributed by atoms with Crippen molar-refractivity contribution >= 4 is 12.0 Å². The number of hydrogen-bond donors (Lipinski definition) is 1. The van der Waals surface area contributed by atoms with Gasteiger partial charge in [-0.05, 0) is 51.3 Å². The molecule has 1 aromatic rings. The molecule has 5 nitrogen and oxygen atoms in total. The summed E-state index contributed by atoms with van der Waals surface area (Å²) in [7, 11) is 0. The number of benzene rings is 1. The van der Waals surface area contributed by atoms with E-state index in [0.717, 1.165) is 12.1 Å². The van der Waals surface area contributed by atoms with Gasteiger partial charge in [0.2, 0.25) is 5.91 Å². The van der Waals surface area contributed by atoms with Gasteiger partial charge in [0.25, 0.3) is 0 Å². The van der Waals surface area contributed by atoms with E-state index in [4.69, 9.17) is 4.74 Å². The van der Waals surface area contributed by atoms with Crippen molar-refractivity contribution in [3.8, 4) is 0 Å². The maximum atomic E-state index is 12.8. The molecule has 0 saturated carbocycles. The van der Waals surface area contributed by atoms with Gasteiger partial charge in [0.15, 0.2) is 0 Å². The van der Waals surface area contributed by atoms with Gasteiger partial charge in [-0.15, -0.1) is 0 Å². The predicted octanol–water partition coefficient (Wildman–Crippen LogP) is 3.94. The fourth-order valence-electron chi connectivity index (χ4n) is 4.04. The van der Waals surface area contributed by atoms with Crippen LogP contribution in [0, 0.1) is 5.41 Å². The smallest absolute Gasteiger partial charge is 0.416 e. The summed E-state index contributed by atoms with van der Waals surface area (Å²) in [5.74, 6) is -0.693. The fourth-order valence-corrected chi connectivity index (χ4v) is 4.04. The van der Waals surface area contributed by atoms with Gasteiger partial charge in [0.1, 0.15) is 5.60 Å². The van der Waals surface area contributed by atoms with E-state index in [1.54, 1.807) is 25.7 Å². The van der Waals surface area contributed by atoms with Gasteiger partial charge in [0.05, 0.1) is 11.5 Å². The van der Waals surface area contributed by atoms with Gasteiger partial charge in [-0.1, -0.05) is 12.1 Å². The number of likely N-dealkylation sites (tertiary alicyclic amines) is 1. The highest BCUT2D eigenvalue weighted by Gasteiger charge is 2.51. The molecule has 0 aliphatic carbocycles. The summed E-state index contributed by atoms with van der Waals surface area (Å²) >= 11 is 0. The zero-order valence-electron chi connectivity index (χ0n) is 16.2. The maximum absolute atomic E-state index is 12.8. The lowest BCUT2D eigenvalue weighted by Crippen LogP contribution is -2.47. The molecule has 2 fully saturated rings. The molecule has 0 aromatic heterocycles. The molecule has 154 valence electrons. The molecule has 2 saturated heterocycles. The zero-order valence-corrected chi connectivity index (χ0v) is 16.2. The van der Waals surface area contributed by atoms with Crippen molar-refractivity contribution in [1.82, 2.24) is 10.2 Å². The third-order valence-electron chi connectivity index (χ3n) is 5.47. The average Bonchev–Trinajstić information content (AvgIpc) is 2.89. The Morgan fingerprint density at radius 2 is 1.71 bits per heavy atom. The first-order chi connectivity index (χ1) is 12.9. The number of nitrogens with one attached hydrogen (secondary N) is 1. The van der Waals surface area contributed by atoms with Crippen molar-refractivity contribution in [2.75, 3.05) is 19.6 Å². The predicted molar refractivity (Wildman–Crippen MR) is 96.7 cm³/mol. The second-order valence-electron chi connectivity index (χ2n) is 8.60. The van der Waals surface area contributed by atoms with Crippen molar-refractivity contribution in [1.29, 1.82) is 0 Å². The first kappa shape index (κ1) is 20.5. The second kappa shape index (κ2) is 6.97. The largest absolute Gasteiger partial charge is 0.444 e. The van der Waals surface area contributed by atoms with Gasteiger partial charge >= 0.3 is 12.3 Å². The van der Waals surface area contributed by atoms with Crippen LogP contribution in [0.25, 0.3) is 0 Å². The summed E-state index contributed by atoms with van der Waals surface area (Å²) in [5.41, 5.74) is -1.15. The first-order valence-corrected chi connectivity index (χ1v) is 9.34. The Hall–Kier alpha value is -2.25. The van der Waals surface area contributed by atoms with E-state index in [1.807, 2.05) is 0 Å². The number of piperidine rings is 1. The Balaban J connectivity index is 1.75. The molecule has 1 N–H and O–H groups in total. The number of rotatable bonds is 1. The summed E-state index contributed by atoms with van der Waals surface area (Å²) in [6.07, 6.45) is -3.63. The van der Waals surface area contributed by atoms with Crippen molar-refractivity contribution < 1.29 is 27.5 Å². The summed E-state index contributed by atoms with van der Waals surface area (Å²) in [4.78, 5) is 26.4. The number of carbonyl (C=O) groups excluding carboxylic acids is 2. The minimum Gasteiger partial charge on any atom is -0.444 e. The molecule has 0 unspecified atom stereocenters. The number of alkyl halides is 3. The number of ether oxygens (including phenoxy) is 1. The normalized spacial score (nSPS) is 22.3. The molecule has 1 atom stereocenters. The van der Waals surface area contributed by atoms with Crippen LogP contribution in [0.5, 0.6) is 0 Å². The van der Waals surface area contributed by atoms with Crippen LogP contribution < -0.4 is 5.32 Å². The van der Waals surface area contributed by atoms with Gasteiger partial charge in [-0.3, -0.25) is 4.79 Å². The van der Waals surface area contributed by atoms with Gasteiger partial charge in [0, 0.05) is 25.0 Å². The molecular formula is C20H25F3N2O3. The number of halogens is 3. The zero-order chi connectivity index (χ0) is 20.7. The monoisotopic (exact) mass is 398 g/mol. The molecule has 1 aromatic carbocycles. The summed E-state index contributed by atoms with van der Waals surface area (Å²) < 4.78 is 43.9. The minimum atomic E-state index is -4.41. The third-order valence-corrected chi connectivity index (χ3v) is 5.47. The molecule has 2 aliphatic rings. The molecule has 3 rings (SSSR count). The maximum Gasteiger partial charge on any atom is 0.416 e. The van der Waals surface area contributed by atoms with Crippen molar-refractivity contribution in [2.45, 2.75) is 51.3 Å². The van der Waals surface area contributed by atoms with E-state index in [-0.39, 0.29) is 12.0 Å². The van der Waals surface area contributed by atoms with Gasteiger partial charge < -0.3 is 15.0 Å². The lowest BCUT2D eigenvalue weighted by molar-refractivity contribution is -0.137. The highest BCUT2D eigenvalue weighted by molar-refractivity contribution is 5.87. The van der Waals surface area contributed by atoms with E-state index in [2.05, 4.69) is 5.32 Å². The Bertz CT molecular complexity index is 745. The Morgan fingerprint density at radius 1 is 1.14 bits per heavy atom. The molecular weight excluding hydrogens is 373 g/mol. The van der Waals surface area contributed by atoms with Crippen molar-refractivity contribution in [3.63, 3.8) is 0 Å². The molecule has 2 amide bonds. The lowest BCUT2D eigenvalue weighted by Gasteiger charge is -2.41. The van der Waals surface area contributed by atoms with Crippen LogP contribution in [0.15, 0.2) is 24.3 Å². The second-order valence-corrected chi connectivity index (χ2v) is 8.60. The average molecular weight is 398 g/mol. The molecule has 2 aliphatic heterocycles. The Labute approximate surface area is 162 Å².